The van der Waals surface area contributed by atoms with Crippen molar-refractivity contribution in [2.75, 3.05) is 20.3 Å². The van der Waals surface area contributed by atoms with Crippen molar-refractivity contribution in [2.24, 2.45) is 10.7 Å². The number of hydrogen-bond acceptors (Lipinski definition) is 8. The number of nitrogens with one attached hydrogen (secondary N) is 1. The summed E-state index contributed by atoms with van der Waals surface area (Å²) in [6, 6.07) is 14.4. The third kappa shape index (κ3) is 7.25. The number of benzene rings is 2. The second kappa shape index (κ2) is 13.5. The molecule has 3 N–H and O–H groups in total. The first kappa shape index (κ1) is 30.5. The Balaban J connectivity index is 1.56. The zero-order valence-corrected chi connectivity index (χ0v) is 24.3. The van der Waals surface area contributed by atoms with Gasteiger partial charge in [-0.2, -0.15) is 0 Å². The van der Waals surface area contributed by atoms with E-state index >= 15 is 0 Å². The molecule has 2 heterocycles. The quantitative estimate of drug-likeness (QED) is 0.388. The summed E-state index contributed by atoms with van der Waals surface area (Å²) < 4.78 is 17.1. The summed E-state index contributed by atoms with van der Waals surface area (Å²) in [5.74, 6) is -1.04. The van der Waals surface area contributed by atoms with Gasteiger partial charge in [0.05, 0.1) is 25.9 Å². The molecule has 2 unspecified atom stereocenters. The number of nitrogens with two attached hydrogens (primary N) is 1. The molecular formula is C30H37ClN4O6. The molecule has 220 valence electrons. The van der Waals surface area contributed by atoms with E-state index in [1.807, 2.05) is 36.4 Å². The molecular weight excluding hydrogens is 548 g/mol. The lowest BCUT2D eigenvalue weighted by Gasteiger charge is -2.32. The van der Waals surface area contributed by atoms with Gasteiger partial charge in [0, 0.05) is 18.0 Å². The summed E-state index contributed by atoms with van der Waals surface area (Å²) in [6.07, 6.45) is 0.856. The molecule has 0 aromatic heterocycles. The summed E-state index contributed by atoms with van der Waals surface area (Å²) >= 11 is 6.17. The van der Waals surface area contributed by atoms with Crippen molar-refractivity contribution in [2.45, 2.75) is 69.5 Å². The largest absolute Gasteiger partial charge is 0.476 e. The average Bonchev–Trinajstić information content (AvgIpc) is 3.62. The first-order chi connectivity index (χ1) is 19.6. The second-order valence-corrected chi connectivity index (χ2v) is 11.0. The van der Waals surface area contributed by atoms with E-state index in [0.717, 1.165) is 11.1 Å². The van der Waals surface area contributed by atoms with Gasteiger partial charge in [-0.1, -0.05) is 54.1 Å². The van der Waals surface area contributed by atoms with E-state index in [9.17, 15) is 14.4 Å². The molecule has 10 nitrogen and oxygen atoms in total. The van der Waals surface area contributed by atoms with Crippen LogP contribution in [-0.4, -0.2) is 78.6 Å². The van der Waals surface area contributed by atoms with Crippen molar-refractivity contribution in [3.63, 3.8) is 0 Å². The molecule has 4 rings (SSSR count). The van der Waals surface area contributed by atoms with Gasteiger partial charge < -0.3 is 30.2 Å². The van der Waals surface area contributed by atoms with E-state index in [1.54, 1.807) is 36.9 Å². The van der Waals surface area contributed by atoms with Gasteiger partial charge in [0.15, 0.2) is 5.54 Å². The molecule has 1 saturated heterocycles. The minimum Gasteiger partial charge on any atom is -0.476 e. The minimum atomic E-state index is -1.30. The average molecular weight is 585 g/mol. The highest BCUT2D eigenvalue weighted by Crippen LogP contribution is 2.31. The summed E-state index contributed by atoms with van der Waals surface area (Å²) in [5.41, 5.74) is 6.25. The highest BCUT2D eigenvalue weighted by molar-refractivity contribution is 6.30. The van der Waals surface area contributed by atoms with Gasteiger partial charge in [0.2, 0.25) is 17.7 Å². The number of amides is 2. The Morgan fingerprint density at radius 2 is 1.90 bits per heavy atom. The fraction of sp³-hybridized carbons (Fsp3) is 0.467. The molecule has 41 heavy (non-hydrogen) atoms. The van der Waals surface area contributed by atoms with Crippen molar-refractivity contribution in [3.8, 4) is 0 Å². The van der Waals surface area contributed by atoms with Crippen LogP contribution in [0.2, 0.25) is 5.02 Å². The normalized spacial score (nSPS) is 22.3. The molecule has 2 amide bonds. The number of ether oxygens (including phenoxy) is 3. The Morgan fingerprint density at radius 3 is 2.59 bits per heavy atom. The van der Waals surface area contributed by atoms with E-state index in [1.165, 1.54) is 7.11 Å². The molecule has 0 saturated carbocycles. The Morgan fingerprint density at radius 1 is 1.17 bits per heavy atom. The third-order valence-corrected chi connectivity index (χ3v) is 7.59. The van der Waals surface area contributed by atoms with Crippen LogP contribution in [0.1, 0.15) is 37.8 Å². The van der Waals surface area contributed by atoms with E-state index < -0.39 is 41.6 Å². The van der Waals surface area contributed by atoms with Gasteiger partial charge in [-0.3, -0.25) is 9.59 Å². The van der Waals surface area contributed by atoms with E-state index in [-0.39, 0.29) is 25.5 Å². The van der Waals surface area contributed by atoms with Crippen molar-refractivity contribution >= 4 is 35.3 Å². The van der Waals surface area contributed by atoms with Gasteiger partial charge in [-0.15, -0.1) is 0 Å². The number of nitrogens with zero attached hydrogens (tertiary/aromatic N) is 2. The fourth-order valence-electron chi connectivity index (χ4n) is 5.11. The Labute approximate surface area is 245 Å². The lowest BCUT2D eigenvalue weighted by molar-refractivity contribution is -0.147. The van der Waals surface area contributed by atoms with Crippen molar-refractivity contribution < 1.29 is 28.6 Å². The van der Waals surface area contributed by atoms with Gasteiger partial charge in [0.25, 0.3) is 0 Å². The van der Waals surface area contributed by atoms with Gasteiger partial charge in [-0.25, -0.2) is 9.79 Å². The molecule has 2 aliphatic rings. The number of rotatable bonds is 11. The summed E-state index contributed by atoms with van der Waals surface area (Å²) in [6.45, 7) is 3.97. The number of likely N-dealkylation sites (tertiary alicyclic amines) is 1. The Kier molecular flexibility index (Phi) is 10.0. The van der Waals surface area contributed by atoms with Crippen LogP contribution in [0, 0.1) is 0 Å². The van der Waals surface area contributed by atoms with E-state index in [2.05, 4.69) is 5.32 Å². The smallest absolute Gasteiger partial charge is 0.337 e. The fourth-order valence-corrected chi connectivity index (χ4v) is 5.32. The monoisotopic (exact) mass is 584 g/mol. The molecule has 2 aromatic carbocycles. The van der Waals surface area contributed by atoms with E-state index in [4.69, 9.17) is 36.5 Å². The molecule has 0 spiro atoms. The zero-order valence-electron chi connectivity index (χ0n) is 23.5. The summed E-state index contributed by atoms with van der Waals surface area (Å²) in [4.78, 5) is 45.9. The van der Waals surface area contributed by atoms with Crippen LogP contribution >= 0.6 is 11.6 Å². The molecule has 2 aliphatic heterocycles. The zero-order chi connectivity index (χ0) is 29.6. The highest BCUT2D eigenvalue weighted by atomic mass is 35.5. The predicted molar refractivity (Wildman–Crippen MR) is 154 cm³/mol. The lowest BCUT2D eigenvalue weighted by atomic mass is 9.92. The molecule has 1 fully saturated rings. The predicted octanol–water partition coefficient (Wildman–Crippen LogP) is 2.65. The van der Waals surface area contributed by atoms with Crippen LogP contribution in [0.15, 0.2) is 59.6 Å². The number of halogens is 1. The first-order valence-corrected chi connectivity index (χ1v) is 14.1. The van der Waals surface area contributed by atoms with Crippen molar-refractivity contribution in [3.05, 3.63) is 70.7 Å². The third-order valence-electron chi connectivity index (χ3n) is 7.36. The van der Waals surface area contributed by atoms with Crippen molar-refractivity contribution in [1.82, 2.24) is 10.2 Å². The number of carbonyl (C=O) groups excluding carboxylic acids is 3. The second-order valence-electron chi connectivity index (χ2n) is 10.5. The maximum atomic E-state index is 14.0. The van der Waals surface area contributed by atoms with Crippen LogP contribution in [0.4, 0.5) is 0 Å². The lowest BCUT2D eigenvalue weighted by Crippen LogP contribution is -2.58. The number of esters is 1. The van der Waals surface area contributed by atoms with Crippen LogP contribution in [0.25, 0.3) is 0 Å². The highest BCUT2D eigenvalue weighted by Gasteiger charge is 2.49. The summed E-state index contributed by atoms with van der Waals surface area (Å²) in [5, 5.41) is 3.32. The van der Waals surface area contributed by atoms with Crippen molar-refractivity contribution in [1.29, 1.82) is 0 Å². The molecule has 0 radical (unpaired) electrons. The van der Waals surface area contributed by atoms with Gasteiger partial charge >= 0.3 is 5.97 Å². The Bertz CT molecular complexity index is 1270. The molecule has 0 bridgehead atoms. The number of carbonyl (C=O) groups is 3. The van der Waals surface area contributed by atoms with Crippen LogP contribution in [0.5, 0.6) is 0 Å². The molecule has 11 heteroatoms. The van der Waals surface area contributed by atoms with Crippen LogP contribution in [0.3, 0.4) is 0 Å². The maximum absolute atomic E-state index is 14.0. The molecule has 2 aromatic rings. The van der Waals surface area contributed by atoms with E-state index in [0.29, 0.717) is 30.3 Å². The molecule has 0 aliphatic carbocycles. The number of hydrogen-bond donors (Lipinski definition) is 2. The SMILES string of the molecule is COC(=O)[C@@]1(Cc2cccc(Cl)c2)COC(C2CCCN2C(=O)[C@@H](NC(=O)[C@H](C)N)C(C)OCc2ccccc2)=N1. The van der Waals surface area contributed by atoms with Gasteiger partial charge in [-0.05, 0) is 49.9 Å². The van der Waals surface area contributed by atoms with Gasteiger partial charge in [0.1, 0.15) is 18.7 Å². The first-order valence-electron chi connectivity index (χ1n) is 13.7. The topological polar surface area (TPSA) is 133 Å². The standard InChI is InChI=1S/C30H37ClN4O6/c1-19(32)26(36)33-25(20(2)40-17-21-9-5-4-6-10-21)28(37)35-14-8-13-24(35)27-34-30(18-41-27,29(38)39-3)16-22-11-7-12-23(31)15-22/h4-7,9-12,15,19-20,24-25H,8,13-14,16-18,32H2,1-3H3,(H,33,36)/t19-,20?,24?,25-,30+/m0/s1. The maximum Gasteiger partial charge on any atom is 0.337 e. The Hall–Kier alpha value is -3.47. The summed E-state index contributed by atoms with van der Waals surface area (Å²) in [7, 11) is 1.31. The number of aliphatic imine (C=N–C) groups is 1. The van der Waals surface area contributed by atoms with Crippen LogP contribution < -0.4 is 11.1 Å². The minimum absolute atomic E-state index is 0.0263. The van der Waals surface area contributed by atoms with Crippen LogP contribution in [-0.2, 0) is 41.6 Å². The number of methoxy groups -OCH3 is 1. The molecule has 5 atom stereocenters.